The Hall–Kier alpha value is -1.61. The van der Waals surface area contributed by atoms with Crippen LogP contribution in [-0.2, 0) is 9.22 Å². The van der Waals surface area contributed by atoms with E-state index in [1.54, 1.807) is 12.1 Å². The molecule has 0 bridgehead atoms. The van der Waals surface area contributed by atoms with Gasteiger partial charge in [-0.3, -0.25) is 9.59 Å². The lowest BCUT2D eigenvalue weighted by atomic mass is 10.2. The van der Waals surface area contributed by atoms with Crippen LogP contribution in [0.3, 0.4) is 0 Å². The smallest absolute Gasteiger partial charge is 0.312 e. The second-order valence-corrected chi connectivity index (χ2v) is 16.4. The molecule has 0 radical (unpaired) electrons. The number of amides is 1. The molecule has 0 fully saturated rings. The fourth-order valence-corrected chi connectivity index (χ4v) is 3.56. The first kappa shape index (κ1) is 18.4. The fourth-order valence-electron chi connectivity index (χ4n) is 1.77. The molecule has 122 valence electrons. The topological polar surface area (TPSA) is 67.4 Å². The number of anilines is 1. The van der Waals surface area contributed by atoms with Crippen LogP contribution >= 0.6 is 0 Å². The van der Waals surface area contributed by atoms with Crippen LogP contribution in [-0.4, -0.2) is 35.0 Å². The van der Waals surface area contributed by atoms with E-state index in [0.29, 0.717) is 5.56 Å². The van der Waals surface area contributed by atoms with E-state index in [-0.39, 0.29) is 18.4 Å². The maximum absolute atomic E-state index is 12.0. The Kier molecular flexibility index (Phi) is 5.95. The Morgan fingerprint density at radius 3 is 2.00 bits per heavy atom. The molecule has 0 aliphatic carbocycles. The summed E-state index contributed by atoms with van der Waals surface area (Å²) in [6, 6.07) is 7.27. The monoisotopic (exact) mass is 338 g/mol. The molecule has 0 saturated carbocycles. The summed E-state index contributed by atoms with van der Waals surface area (Å²) < 4.78 is 5.28. The summed E-state index contributed by atoms with van der Waals surface area (Å²) in [7, 11) is -3.31. The summed E-state index contributed by atoms with van der Waals surface area (Å²) in [4.78, 5) is 27.1. The molecule has 0 heterocycles. The van der Waals surface area contributed by atoms with Gasteiger partial charge in [0.2, 0.25) is 8.32 Å². The molecule has 1 amide bonds. The summed E-state index contributed by atoms with van der Waals surface area (Å²) >= 11 is 0. The SMILES string of the molecule is C[Si](C)(C)Nc1ccc(C(=O)NCC(=O)O[Si](C)(C)C)cc1. The number of rotatable bonds is 6. The number of carbonyl (C=O) groups is 2. The van der Waals surface area contributed by atoms with Crippen molar-refractivity contribution in [3.63, 3.8) is 0 Å². The van der Waals surface area contributed by atoms with E-state index in [9.17, 15) is 9.59 Å². The lowest BCUT2D eigenvalue weighted by Gasteiger charge is -2.19. The van der Waals surface area contributed by atoms with E-state index >= 15 is 0 Å². The van der Waals surface area contributed by atoms with E-state index in [0.717, 1.165) is 5.69 Å². The van der Waals surface area contributed by atoms with Crippen molar-refractivity contribution in [2.45, 2.75) is 39.3 Å². The van der Waals surface area contributed by atoms with Crippen LogP contribution in [0.2, 0.25) is 39.3 Å². The molecule has 0 aliphatic heterocycles. The number of benzene rings is 1. The van der Waals surface area contributed by atoms with Gasteiger partial charge in [0.15, 0.2) is 0 Å². The zero-order valence-corrected chi connectivity index (χ0v) is 16.2. The molecule has 5 nitrogen and oxygen atoms in total. The van der Waals surface area contributed by atoms with Gasteiger partial charge in [-0.15, -0.1) is 0 Å². The van der Waals surface area contributed by atoms with E-state index in [1.807, 2.05) is 31.8 Å². The van der Waals surface area contributed by atoms with Crippen molar-refractivity contribution in [3.05, 3.63) is 29.8 Å². The van der Waals surface area contributed by atoms with Gasteiger partial charge in [0.1, 0.15) is 14.8 Å². The molecule has 0 aliphatic rings. The zero-order valence-electron chi connectivity index (χ0n) is 14.2. The third-order valence-electron chi connectivity index (χ3n) is 2.48. The maximum atomic E-state index is 12.0. The summed E-state index contributed by atoms with van der Waals surface area (Å²) in [5.74, 6) is -0.656. The summed E-state index contributed by atoms with van der Waals surface area (Å²) in [6.45, 7) is 12.3. The Bertz CT molecular complexity index is 531. The first-order valence-corrected chi connectivity index (χ1v) is 14.3. The second kappa shape index (κ2) is 7.10. The van der Waals surface area contributed by atoms with E-state index < -0.39 is 16.6 Å². The molecule has 0 saturated heterocycles. The van der Waals surface area contributed by atoms with Gasteiger partial charge in [-0.25, -0.2) is 0 Å². The second-order valence-electron chi connectivity index (χ2n) is 7.22. The average molecular weight is 339 g/mol. The van der Waals surface area contributed by atoms with Crippen LogP contribution in [0, 0.1) is 0 Å². The maximum Gasteiger partial charge on any atom is 0.312 e. The standard InChI is InChI=1S/C15H26N2O3Si2/c1-21(2,3)17-13-9-7-12(8-10-13)15(19)16-11-14(18)20-22(4,5)6/h7-10,17H,11H2,1-6H3,(H,16,19). The minimum atomic E-state index is -1.91. The fraction of sp³-hybridized carbons (Fsp3) is 0.467. The van der Waals surface area contributed by atoms with Crippen molar-refractivity contribution in [1.82, 2.24) is 5.32 Å². The van der Waals surface area contributed by atoms with E-state index in [4.69, 9.17) is 4.43 Å². The lowest BCUT2D eigenvalue weighted by molar-refractivity contribution is -0.133. The van der Waals surface area contributed by atoms with Crippen molar-refractivity contribution in [3.8, 4) is 0 Å². The summed E-state index contributed by atoms with van der Waals surface area (Å²) in [5.41, 5.74) is 1.54. The average Bonchev–Trinajstić information content (AvgIpc) is 2.33. The molecular formula is C15H26N2O3Si2. The van der Waals surface area contributed by atoms with Crippen LogP contribution in [0.15, 0.2) is 24.3 Å². The van der Waals surface area contributed by atoms with Crippen molar-refractivity contribution >= 4 is 34.1 Å². The van der Waals surface area contributed by atoms with Gasteiger partial charge in [0.05, 0.1) is 0 Å². The van der Waals surface area contributed by atoms with Crippen molar-refractivity contribution < 1.29 is 14.0 Å². The van der Waals surface area contributed by atoms with Crippen LogP contribution < -0.4 is 10.3 Å². The van der Waals surface area contributed by atoms with Crippen LogP contribution in [0.25, 0.3) is 0 Å². The molecule has 1 aromatic rings. The van der Waals surface area contributed by atoms with Crippen LogP contribution in [0.5, 0.6) is 0 Å². The van der Waals surface area contributed by atoms with Gasteiger partial charge in [0.25, 0.3) is 5.91 Å². The number of nitrogens with one attached hydrogen (secondary N) is 2. The molecule has 0 unspecified atom stereocenters. The minimum absolute atomic E-state index is 0.0992. The largest absolute Gasteiger partial charge is 0.519 e. The van der Waals surface area contributed by atoms with Crippen LogP contribution in [0.4, 0.5) is 5.69 Å². The van der Waals surface area contributed by atoms with Gasteiger partial charge >= 0.3 is 5.97 Å². The van der Waals surface area contributed by atoms with Crippen molar-refractivity contribution in [2.75, 3.05) is 11.5 Å². The van der Waals surface area contributed by atoms with Gasteiger partial charge < -0.3 is 14.7 Å². The molecule has 2 N–H and O–H groups in total. The third-order valence-corrected chi connectivity index (χ3v) is 4.36. The number of carbonyl (C=O) groups excluding carboxylic acids is 2. The molecule has 1 rings (SSSR count). The predicted octanol–water partition coefficient (Wildman–Crippen LogP) is 3.04. The Labute approximate surface area is 134 Å². The highest BCUT2D eigenvalue weighted by Crippen LogP contribution is 2.13. The molecule has 7 heteroatoms. The third kappa shape index (κ3) is 7.42. The number of hydrogen-bond acceptors (Lipinski definition) is 4. The first-order valence-electron chi connectivity index (χ1n) is 7.34. The zero-order chi connectivity index (χ0) is 17.0. The highest BCUT2D eigenvalue weighted by molar-refractivity contribution is 6.79. The van der Waals surface area contributed by atoms with Crippen LogP contribution in [0.1, 0.15) is 10.4 Å². The molecule has 22 heavy (non-hydrogen) atoms. The number of hydrogen-bond donors (Lipinski definition) is 2. The molecule has 0 aromatic heterocycles. The van der Waals surface area contributed by atoms with Gasteiger partial charge in [0, 0.05) is 11.3 Å². The highest BCUT2D eigenvalue weighted by atomic mass is 28.4. The molecule has 0 atom stereocenters. The highest BCUT2D eigenvalue weighted by Gasteiger charge is 2.20. The summed E-state index contributed by atoms with van der Waals surface area (Å²) in [5, 5.41) is 2.59. The van der Waals surface area contributed by atoms with Gasteiger partial charge in [-0.1, -0.05) is 19.6 Å². The van der Waals surface area contributed by atoms with E-state index in [1.165, 1.54) is 0 Å². The Morgan fingerprint density at radius 1 is 1.00 bits per heavy atom. The lowest BCUT2D eigenvalue weighted by Crippen LogP contribution is -2.36. The molecule has 0 spiro atoms. The van der Waals surface area contributed by atoms with Gasteiger partial charge in [-0.2, -0.15) is 0 Å². The predicted molar refractivity (Wildman–Crippen MR) is 95.2 cm³/mol. The van der Waals surface area contributed by atoms with Crippen molar-refractivity contribution in [1.29, 1.82) is 0 Å². The molecule has 1 aromatic carbocycles. The van der Waals surface area contributed by atoms with Crippen molar-refractivity contribution in [2.24, 2.45) is 0 Å². The molecular weight excluding hydrogens is 312 g/mol. The quantitative estimate of drug-likeness (QED) is 0.782. The summed E-state index contributed by atoms with van der Waals surface area (Å²) in [6.07, 6.45) is 0. The Morgan fingerprint density at radius 2 is 1.55 bits per heavy atom. The van der Waals surface area contributed by atoms with Gasteiger partial charge in [-0.05, 0) is 43.9 Å². The normalized spacial score (nSPS) is 11.7. The first-order chi connectivity index (χ1) is 9.96. The van der Waals surface area contributed by atoms with E-state index in [2.05, 4.69) is 29.9 Å². The Balaban J connectivity index is 2.54. The minimum Gasteiger partial charge on any atom is -0.519 e.